The van der Waals surface area contributed by atoms with Crippen LogP contribution in [0, 0.1) is 6.92 Å². The van der Waals surface area contributed by atoms with E-state index in [2.05, 4.69) is 15.4 Å². The van der Waals surface area contributed by atoms with E-state index in [1.54, 1.807) is 0 Å². The molecule has 0 atom stereocenters. The van der Waals surface area contributed by atoms with Crippen LogP contribution in [0.1, 0.15) is 11.1 Å². The summed E-state index contributed by atoms with van der Waals surface area (Å²) in [6, 6.07) is 7.15. The van der Waals surface area contributed by atoms with E-state index >= 15 is 0 Å². The zero-order chi connectivity index (χ0) is 15.0. The van der Waals surface area contributed by atoms with Gasteiger partial charge in [0.1, 0.15) is 11.7 Å². The largest absolute Gasteiger partial charge is 0.344 e. The number of pyridine rings is 1. The lowest BCUT2D eigenvalue weighted by atomic mass is 10.1. The highest BCUT2D eigenvalue weighted by Gasteiger charge is 2.25. The molecule has 106 valence electrons. The Bertz CT molecular complexity index is 788. The first-order valence-electron chi connectivity index (χ1n) is 6.25. The molecule has 0 bridgehead atoms. The molecule has 0 aliphatic carbocycles. The van der Waals surface area contributed by atoms with Gasteiger partial charge in [0.2, 0.25) is 5.91 Å². The van der Waals surface area contributed by atoms with Crippen LogP contribution in [0.25, 0.3) is 10.9 Å². The molecule has 3 rings (SSSR count). The van der Waals surface area contributed by atoms with Crippen LogP contribution in [-0.2, 0) is 4.79 Å². The highest BCUT2D eigenvalue weighted by molar-refractivity contribution is 6.32. The van der Waals surface area contributed by atoms with Crippen LogP contribution in [0.2, 0.25) is 5.15 Å². The van der Waals surface area contributed by atoms with Crippen LogP contribution in [-0.4, -0.2) is 34.7 Å². The monoisotopic (exact) mass is 302 g/mol. The third-order valence-electron chi connectivity index (χ3n) is 3.06. The summed E-state index contributed by atoms with van der Waals surface area (Å²) in [5, 5.41) is 8.36. The quantitative estimate of drug-likeness (QED) is 0.524. The number of halogens is 1. The molecule has 2 heterocycles. The molecule has 1 aromatic heterocycles. The van der Waals surface area contributed by atoms with Crippen molar-refractivity contribution >= 4 is 40.7 Å². The SMILES string of the molecule is Cc1ccc2cc(/C=N\N3CC(=O)NC3=O)c(Cl)nc2c1. The Hall–Kier alpha value is -2.47. The minimum absolute atomic E-state index is 0.0901. The first-order valence-corrected chi connectivity index (χ1v) is 6.63. The van der Waals surface area contributed by atoms with E-state index < -0.39 is 6.03 Å². The molecule has 1 saturated heterocycles. The Balaban J connectivity index is 1.93. The van der Waals surface area contributed by atoms with Gasteiger partial charge in [-0.2, -0.15) is 5.10 Å². The molecular formula is C14H11ClN4O2. The van der Waals surface area contributed by atoms with Crippen molar-refractivity contribution in [2.45, 2.75) is 6.92 Å². The van der Waals surface area contributed by atoms with Gasteiger partial charge in [-0.3, -0.25) is 10.1 Å². The Morgan fingerprint density at radius 3 is 2.90 bits per heavy atom. The summed E-state index contributed by atoms with van der Waals surface area (Å²) < 4.78 is 0. The van der Waals surface area contributed by atoms with Gasteiger partial charge in [-0.25, -0.2) is 14.8 Å². The lowest BCUT2D eigenvalue weighted by Gasteiger charge is -2.06. The van der Waals surface area contributed by atoms with Crippen LogP contribution < -0.4 is 5.32 Å². The summed E-state index contributed by atoms with van der Waals surface area (Å²) in [6.07, 6.45) is 1.42. The molecule has 1 aliphatic rings. The smallest absolute Gasteiger partial charge is 0.275 e. The second-order valence-corrected chi connectivity index (χ2v) is 5.08. The number of aryl methyl sites for hydroxylation is 1. The minimum atomic E-state index is -0.545. The number of aromatic nitrogens is 1. The predicted octanol–water partition coefficient (Wildman–Crippen LogP) is 2.08. The van der Waals surface area contributed by atoms with Crippen molar-refractivity contribution in [2.75, 3.05) is 6.54 Å². The second-order valence-electron chi connectivity index (χ2n) is 4.72. The molecule has 1 fully saturated rings. The zero-order valence-electron chi connectivity index (χ0n) is 11.1. The van der Waals surface area contributed by atoms with Crippen molar-refractivity contribution < 1.29 is 9.59 Å². The lowest BCUT2D eigenvalue weighted by Crippen LogP contribution is -2.24. The van der Waals surface area contributed by atoms with Crippen molar-refractivity contribution in [3.8, 4) is 0 Å². The van der Waals surface area contributed by atoms with E-state index in [-0.39, 0.29) is 12.5 Å². The third-order valence-corrected chi connectivity index (χ3v) is 3.37. The average molecular weight is 303 g/mol. The topological polar surface area (TPSA) is 74.7 Å². The standard InChI is InChI=1S/C14H11ClN4O2/c1-8-2-3-9-5-10(13(15)17-11(9)4-8)6-16-19-7-12(20)18-14(19)21/h2-6H,7H2,1H3,(H,18,20,21)/b16-6-. The molecular weight excluding hydrogens is 292 g/mol. The van der Waals surface area contributed by atoms with Gasteiger partial charge in [0.05, 0.1) is 11.7 Å². The number of rotatable bonds is 2. The van der Waals surface area contributed by atoms with E-state index in [1.807, 2.05) is 31.2 Å². The number of benzene rings is 1. The highest BCUT2D eigenvalue weighted by atomic mass is 35.5. The summed E-state index contributed by atoms with van der Waals surface area (Å²) in [6.45, 7) is 1.89. The molecule has 0 saturated carbocycles. The van der Waals surface area contributed by atoms with Crippen molar-refractivity contribution in [1.29, 1.82) is 0 Å². The number of carbonyl (C=O) groups is 2. The molecule has 3 amide bonds. The number of nitrogens with one attached hydrogen (secondary N) is 1. The fraction of sp³-hybridized carbons (Fsp3) is 0.143. The summed E-state index contributed by atoms with van der Waals surface area (Å²) in [5.41, 5.74) is 2.48. The summed E-state index contributed by atoms with van der Waals surface area (Å²) in [7, 11) is 0. The van der Waals surface area contributed by atoms with Crippen LogP contribution >= 0.6 is 11.6 Å². The van der Waals surface area contributed by atoms with Gasteiger partial charge in [-0.1, -0.05) is 23.7 Å². The van der Waals surface area contributed by atoms with Gasteiger partial charge in [0, 0.05) is 10.9 Å². The van der Waals surface area contributed by atoms with Crippen LogP contribution in [0.15, 0.2) is 29.4 Å². The fourth-order valence-corrected chi connectivity index (χ4v) is 2.21. The number of fused-ring (bicyclic) bond motifs is 1. The number of hydrazone groups is 1. The normalized spacial score (nSPS) is 15.2. The van der Waals surface area contributed by atoms with Gasteiger partial charge in [0.15, 0.2) is 0 Å². The van der Waals surface area contributed by atoms with E-state index in [0.717, 1.165) is 21.5 Å². The molecule has 7 heteroatoms. The van der Waals surface area contributed by atoms with Crippen molar-refractivity contribution in [3.05, 3.63) is 40.5 Å². The molecule has 0 unspecified atom stereocenters. The number of hydrogen-bond donors (Lipinski definition) is 1. The molecule has 6 nitrogen and oxygen atoms in total. The van der Waals surface area contributed by atoms with E-state index in [1.165, 1.54) is 6.21 Å². The van der Waals surface area contributed by atoms with Gasteiger partial charge >= 0.3 is 6.03 Å². The zero-order valence-corrected chi connectivity index (χ0v) is 11.9. The van der Waals surface area contributed by atoms with Gasteiger partial charge in [0.25, 0.3) is 0 Å². The second kappa shape index (κ2) is 5.14. The summed E-state index contributed by atoms with van der Waals surface area (Å²) in [5.74, 6) is -0.379. The van der Waals surface area contributed by atoms with Crippen molar-refractivity contribution in [3.63, 3.8) is 0 Å². The molecule has 2 aromatic rings. The van der Waals surface area contributed by atoms with Crippen molar-refractivity contribution in [1.82, 2.24) is 15.3 Å². The third kappa shape index (κ3) is 2.71. The first-order chi connectivity index (χ1) is 10.0. The number of hydrogen-bond acceptors (Lipinski definition) is 4. The van der Waals surface area contributed by atoms with E-state index in [4.69, 9.17) is 11.6 Å². The van der Waals surface area contributed by atoms with Gasteiger partial charge < -0.3 is 0 Å². The van der Waals surface area contributed by atoms with Gasteiger partial charge in [-0.15, -0.1) is 0 Å². The maximum Gasteiger partial charge on any atom is 0.344 e. The number of carbonyl (C=O) groups excluding carboxylic acids is 2. The highest BCUT2D eigenvalue weighted by Crippen LogP contribution is 2.20. The van der Waals surface area contributed by atoms with E-state index in [0.29, 0.717) is 10.7 Å². The van der Waals surface area contributed by atoms with Crippen LogP contribution in [0.4, 0.5) is 4.79 Å². The summed E-state index contributed by atoms with van der Waals surface area (Å²) in [4.78, 5) is 26.7. The first kappa shape index (κ1) is 13.5. The van der Waals surface area contributed by atoms with E-state index in [9.17, 15) is 9.59 Å². The number of nitrogens with zero attached hydrogens (tertiary/aromatic N) is 3. The van der Waals surface area contributed by atoms with Crippen LogP contribution in [0.5, 0.6) is 0 Å². The Morgan fingerprint density at radius 1 is 1.38 bits per heavy atom. The molecule has 1 aromatic carbocycles. The fourth-order valence-electron chi connectivity index (χ4n) is 2.02. The number of amides is 3. The maximum atomic E-state index is 11.4. The molecule has 1 aliphatic heterocycles. The molecule has 21 heavy (non-hydrogen) atoms. The molecule has 1 N–H and O–H groups in total. The predicted molar refractivity (Wildman–Crippen MR) is 79.3 cm³/mol. The number of urea groups is 1. The Morgan fingerprint density at radius 2 is 2.19 bits per heavy atom. The van der Waals surface area contributed by atoms with Crippen LogP contribution in [0.3, 0.4) is 0 Å². The van der Waals surface area contributed by atoms with Gasteiger partial charge in [-0.05, 0) is 24.6 Å². The Labute approximate surface area is 125 Å². The molecule has 0 radical (unpaired) electrons. The molecule has 0 spiro atoms. The minimum Gasteiger partial charge on any atom is -0.275 e. The lowest BCUT2D eigenvalue weighted by molar-refractivity contribution is -0.118. The summed E-state index contributed by atoms with van der Waals surface area (Å²) >= 11 is 6.12. The average Bonchev–Trinajstić information content (AvgIpc) is 2.74. The van der Waals surface area contributed by atoms with Crippen molar-refractivity contribution in [2.24, 2.45) is 5.10 Å². The maximum absolute atomic E-state index is 11.4. The Kier molecular flexibility index (Phi) is 3.31. The number of imide groups is 1.